The molecule has 1 N–H and O–H groups in total. The number of halogens is 2. The minimum Gasteiger partial charge on any atom is -0.317 e. The van der Waals surface area contributed by atoms with Crippen LogP contribution in [0.3, 0.4) is 0 Å². The zero-order valence-corrected chi connectivity index (χ0v) is 12.4. The van der Waals surface area contributed by atoms with Crippen LogP contribution < -0.4 is 5.32 Å². The molecule has 1 aliphatic rings. The molecule has 0 aromatic heterocycles. The molecule has 0 spiro atoms. The monoisotopic (exact) mass is 286 g/mol. The number of hydrogen-bond acceptors (Lipinski definition) is 2. The number of likely N-dealkylation sites (tertiary alicyclic amines) is 1. The fraction of sp³-hybridized carbons (Fsp3) is 0.571. The first-order valence-corrected chi connectivity index (χ1v) is 7.25. The van der Waals surface area contributed by atoms with Crippen LogP contribution in [0.15, 0.2) is 18.2 Å². The zero-order valence-electron chi connectivity index (χ0n) is 10.9. The second kappa shape index (κ2) is 6.25. The second-order valence-electron chi connectivity index (χ2n) is 4.95. The average Bonchev–Trinajstić information content (AvgIpc) is 2.71. The molecule has 2 nitrogen and oxygen atoms in total. The van der Waals surface area contributed by atoms with E-state index in [0.29, 0.717) is 12.0 Å². The molecule has 1 heterocycles. The summed E-state index contributed by atoms with van der Waals surface area (Å²) in [6.45, 7) is 5.30. The number of benzene rings is 1. The lowest BCUT2D eigenvalue weighted by Gasteiger charge is -2.26. The van der Waals surface area contributed by atoms with Crippen molar-refractivity contribution in [1.82, 2.24) is 10.2 Å². The molecule has 0 radical (unpaired) electrons. The van der Waals surface area contributed by atoms with Gasteiger partial charge in [0, 0.05) is 16.1 Å². The Morgan fingerprint density at radius 2 is 2.17 bits per heavy atom. The van der Waals surface area contributed by atoms with Crippen LogP contribution in [-0.4, -0.2) is 31.6 Å². The van der Waals surface area contributed by atoms with Crippen molar-refractivity contribution in [3.63, 3.8) is 0 Å². The van der Waals surface area contributed by atoms with Gasteiger partial charge in [0.2, 0.25) is 0 Å². The highest BCUT2D eigenvalue weighted by atomic mass is 35.5. The van der Waals surface area contributed by atoms with Crippen molar-refractivity contribution in [2.45, 2.75) is 19.4 Å². The Hall–Kier alpha value is -0.280. The first-order chi connectivity index (χ1) is 8.63. The molecule has 18 heavy (non-hydrogen) atoms. The summed E-state index contributed by atoms with van der Waals surface area (Å²) in [5.41, 5.74) is 1.16. The predicted molar refractivity (Wildman–Crippen MR) is 78.5 cm³/mol. The summed E-state index contributed by atoms with van der Waals surface area (Å²) >= 11 is 12.4. The Kier molecular flexibility index (Phi) is 4.91. The predicted octanol–water partition coefficient (Wildman–Crippen LogP) is 3.60. The van der Waals surface area contributed by atoms with Gasteiger partial charge in [0.1, 0.15) is 0 Å². The molecule has 1 aromatic carbocycles. The Balaban J connectivity index is 2.24. The molecule has 2 atom stereocenters. The van der Waals surface area contributed by atoms with Crippen LogP contribution in [0.5, 0.6) is 0 Å². The minimum atomic E-state index is 0.371. The van der Waals surface area contributed by atoms with Gasteiger partial charge in [0.15, 0.2) is 0 Å². The lowest BCUT2D eigenvalue weighted by Crippen LogP contribution is -2.28. The van der Waals surface area contributed by atoms with E-state index in [9.17, 15) is 0 Å². The molecule has 0 bridgehead atoms. The van der Waals surface area contributed by atoms with E-state index >= 15 is 0 Å². The van der Waals surface area contributed by atoms with Crippen LogP contribution in [0.2, 0.25) is 10.0 Å². The van der Waals surface area contributed by atoms with Crippen LogP contribution in [0.1, 0.15) is 24.9 Å². The van der Waals surface area contributed by atoms with Gasteiger partial charge < -0.3 is 5.32 Å². The third-order valence-corrected chi connectivity index (χ3v) is 4.29. The summed E-state index contributed by atoms with van der Waals surface area (Å²) in [6, 6.07) is 6.13. The van der Waals surface area contributed by atoms with Gasteiger partial charge in [-0.15, -0.1) is 0 Å². The number of nitrogens with one attached hydrogen (secondary N) is 1. The van der Waals surface area contributed by atoms with E-state index in [1.165, 1.54) is 6.42 Å². The fourth-order valence-corrected chi connectivity index (χ4v) is 3.21. The van der Waals surface area contributed by atoms with E-state index in [0.717, 1.165) is 35.2 Å². The Morgan fingerprint density at radius 1 is 1.39 bits per heavy atom. The van der Waals surface area contributed by atoms with Gasteiger partial charge in [-0.2, -0.15) is 0 Å². The molecule has 100 valence electrons. The van der Waals surface area contributed by atoms with Crippen LogP contribution in [0, 0.1) is 5.92 Å². The van der Waals surface area contributed by atoms with E-state index in [2.05, 4.69) is 24.2 Å². The van der Waals surface area contributed by atoms with Crippen molar-refractivity contribution in [3.05, 3.63) is 33.8 Å². The standard InChI is InChI=1S/C14H20Cl2N2/c1-3-17-9-10-6-7-18(2)14(10)12-8-11(15)4-5-13(12)16/h4-5,8,10,14,17H,3,6-7,9H2,1-2H3. The maximum absolute atomic E-state index is 6.34. The molecule has 0 aliphatic carbocycles. The van der Waals surface area contributed by atoms with E-state index in [1.54, 1.807) is 0 Å². The van der Waals surface area contributed by atoms with E-state index in [1.807, 2.05) is 18.2 Å². The quantitative estimate of drug-likeness (QED) is 0.910. The molecule has 1 fully saturated rings. The van der Waals surface area contributed by atoms with Gasteiger partial charge >= 0.3 is 0 Å². The normalized spacial score (nSPS) is 24.7. The SMILES string of the molecule is CCNCC1CCN(C)C1c1cc(Cl)ccc1Cl. The Bertz CT molecular complexity index is 409. The van der Waals surface area contributed by atoms with Gasteiger partial charge in [-0.3, -0.25) is 4.90 Å². The lowest BCUT2D eigenvalue weighted by atomic mass is 9.93. The molecule has 1 aliphatic heterocycles. The molecule has 2 rings (SSSR count). The highest BCUT2D eigenvalue weighted by molar-refractivity contribution is 6.33. The summed E-state index contributed by atoms with van der Waals surface area (Å²) in [6.07, 6.45) is 1.21. The number of rotatable bonds is 4. The number of nitrogens with zero attached hydrogens (tertiary/aromatic N) is 1. The van der Waals surface area contributed by atoms with Crippen molar-refractivity contribution >= 4 is 23.2 Å². The summed E-state index contributed by atoms with van der Waals surface area (Å²) in [5.74, 6) is 0.603. The number of hydrogen-bond donors (Lipinski definition) is 1. The molecule has 0 saturated carbocycles. The van der Waals surface area contributed by atoms with E-state index in [4.69, 9.17) is 23.2 Å². The molecule has 2 unspecified atom stereocenters. The largest absolute Gasteiger partial charge is 0.317 e. The first-order valence-electron chi connectivity index (χ1n) is 6.49. The summed E-state index contributed by atoms with van der Waals surface area (Å²) < 4.78 is 0. The Morgan fingerprint density at radius 3 is 2.89 bits per heavy atom. The van der Waals surface area contributed by atoms with Crippen molar-refractivity contribution in [2.24, 2.45) is 5.92 Å². The molecule has 1 saturated heterocycles. The lowest BCUT2D eigenvalue weighted by molar-refractivity contribution is 0.273. The zero-order chi connectivity index (χ0) is 13.1. The maximum atomic E-state index is 6.34. The average molecular weight is 287 g/mol. The van der Waals surface area contributed by atoms with Gasteiger partial charge in [-0.1, -0.05) is 30.1 Å². The van der Waals surface area contributed by atoms with Crippen molar-refractivity contribution < 1.29 is 0 Å². The molecule has 0 amide bonds. The fourth-order valence-electron chi connectivity index (χ4n) is 2.80. The highest BCUT2D eigenvalue weighted by Gasteiger charge is 2.33. The summed E-state index contributed by atoms with van der Waals surface area (Å²) in [4.78, 5) is 2.37. The van der Waals surface area contributed by atoms with E-state index < -0.39 is 0 Å². The first kappa shape index (κ1) is 14.1. The third kappa shape index (κ3) is 3.00. The molecule has 1 aromatic rings. The second-order valence-corrected chi connectivity index (χ2v) is 5.79. The molecule has 4 heteroatoms. The maximum Gasteiger partial charge on any atom is 0.0455 e. The highest BCUT2D eigenvalue weighted by Crippen LogP contribution is 2.39. The summed E-state index contributed by atoms with van der Waals surface area (Å²) in [7, 11) is 2.16. The van der Waals surface area contributed by atoms with Crippen LogP contribution in [0.4, 0.5) is 0 Å². The van der Waals surface area contributed by atoms with Crippen LogP contribution >= 0.6 is 23.2 Å². The van der Waals surface area contributed by atoms with Gasteiger partial charge in [-0.05, 0) is 62.8 Å². The smallest absolute Gasteiger partial charge is 0.0455 e. The van der Waals surface area contributed by atoms with Crippen molar-refractivity contribution in [1.29, 1.82) is 0 Å². The topological polar surface area (TPSA) is 15.3 Å². The van der Waals surface area contributed by atoms with Crippen molar-refractivity contribution in [3.8, 4) is 0 Å². The molecular weight excluding hydrogens is 267 g/mol. The Labute approximate surface area is 119 Å². The van der Waals surface area contributed by atoms with E-state index in [-0.39, 0.29) is 0 Å². The summed E-state index contributed by atoms with van der Waals surface area (Å²) in [5, 5.41) is 5.02. The van der Waals surface area contributed by atoms with Gasteiger partial charge in [0.05, 0.1) is 0 Å². The molecular formula is C14H20Cl2N2. The van der Waals surface area contributed by atoms with Gasteiger partial charge in [0.25, 0.3) is 0 Å². The van der Waals surface area contributed by atoms with Crippen LogP contribution in [-0.2, 0) is 0 Å². The van der Waals surface area contributed by atoms with Gasteiger partial charge in [-0.25, -0.2) is 0 Å². The third-order valence-electron chi connectivity index (χ3n) is 3.71. The van der Waals surface area contributed by atoms with Crippen molar-refractivity contribution in [2.75, 3.05) is 26.7 Å². The minimum absolute atomic E-state index is 0.371. The van der Waals surface area contributed by atoms with Crippen LogP contribution in [0.25, 0.3) is 0 Å².